The van der Waals surface area contributed by atoms with E-state index in [9.17, 15) is 0 Å². The molecule has 0 heterocycles. The van der Waals surface area contributed by atoms with E-state index in [0.717, 1.165) is 5.92 Å². The molecule has 1 saturated carbocycles. The van der Waals surface area contributed by atoms with Crippen LogP contribution in [0.3, 0.4) is 0 Å². The molecule has 1 rings (SSSR count). The number of hydrogen-bond donors (Lipinski definition) is 1. The fourth-order valence-electron chi connectivity index (χ4n) is 3.55. The molecule has 1 aliphatic carbocycles. The Morgan fingerprint density at radius 2 is 1.43 bits per heavy atom. The average molecular weight is 297 g/mol. The van der Waals surface area contributed by atoms with Crippen LogP contribution in [-0.4, -0.2) is 38.1 Å². The van der Waals surface area contributed by atoms with E-state index in [4.69, 9.17) is 0 Å². The Morgan fingerprint density at radius 3 is 2.00 bits per heavy atom. The van der Waals surface area contributed by atoms with Gasteiger partial charge in [0.25, 0.3) is 0 Å². The van der Waals surface area contributed by atoms with Crippen LogP contribution in [0.1, 0.15) is 84.0 Å². The van der Waals surface area contributed by atoms with E-state index in [2.05, 4.69) is 24.2 Å². The third-order valence-electron chi connectivity index (χ3n) is 4.91. The van der Waals surface area contributed by atoms with Gasteiger partial charge in [-0.25, -0.2) is 0 Å². The van der Waals surface area contributed by atoms with Gasteiger partial charge in [0.1, 0.15) is 0 Å². The topological polar surface area (TPSA) is 15.3 Å². The Balaban J connectivity index is 2.06. The highest BCUT2D eigenvalue weighted by atomic mass is 15.1. The zero-order valence-corrected chi connectivity index (χ0v) is 14.8. The zero-order chi connectivity index (χ0) is 15.2. The Morgan fingerprint density at radius 1 is 0.857 bits per heavy atom. The summed E-state index contributed by atoms with van der Waals surface area (Å²) in [4.78, 5) is 2.45. The van der Waals surface area contributed by atoms with Crippen LogP contribution in [0.25, 0.3) is 0 Å². The molecule has 2 nitrogen and oxygen atoms in total. The molecule has 0 aliphatic heterocycles. The molecule has 0 unspecified atom stereocenters. The van der Waals surface area contributed by atoms with Gasteiger partial charge in [-0.3, -0.25) is 0 Å². The summed E-state index contributed by atoms with van der Waals surface area (Å²) in [7, 11) is 2.24. The molecular formula is C19H40N2. The van der Waals surface area contributed by atoms with Crippen LogP contribution in [0.15, 0.2) is 0 Å². The van der Waals surface area contributed by atoms with Gasteiger partial charge in [-0.1, -0.05) is 58.3 Å². The summed E-state index contributed by atoms with van der Waals surface area (Å²) in [5.74, 6) is 0.941. The lowest BCUT2D eigenvalue weighted by molar-refractivity contribution is 0.322. The minimum absolute atomic E-state index is 0.941. The molecule has 0 aromatic carbocycles. The zero-order valence-electron chi connectivity index (χ0n) is 14.8. The molecule has 0 atom stereocenters. The van der Waals surface area contributed by atoms with E-state index in [-0.39, 0.29) is 0 Å². The van der Waals surface area contributed by atoms with E-state index in [1.807, 2.05) is 0 Å². The van der Waals surface area contributed by atoms with E-state index < -0.39 is 0 Å². The summed E-state index contributed by atoms with van der Waals surface area (Å²) in [5, 5.41) is 3.73. The first-order valence-electron chi connectivity index (χ1n) is 9.72. The molecule has 0 bridgehead atoms. The summed E-state index contributed by atoms with van der Waals surface area (Å²) in [5.41, 5.74) is 0. The highest BCUT2D eigenvalue weighted by molar-refractivity contribution is 4.65. The predicted octanol–water partition coefficient (Wildman–Crippen LogP) is 4.84. The minimum Gasteiger partial charge on any atom is -0.316 e. The standard InChI is InChI=1S/C19H40N2/c1-3-16-21(2)17-12-15-20-18-19-13-10-8-6-4-5-7-9-11-14-19/h19-20H,3-18H2,1-2H3. The van der Waals surface area contributed by atoms with E-state index in [0.29, 0.717) is 0 Å². The molecule has 1 aliphatic rings. The van der Waals surface area contributed by atoms with Crippen molar-refractivity contribution < 1.29 is 0 Å². The predicted molar refractivity (Wildman–Crippen MR) is 94.9 cm³/mol. The molecule has 0 spiro atoms. The van der Waals surface area contributed by atoms with E-state index in [1.165, 1.54) is 103 Å². The monoisotopic (exact) mass is 296 g/mol. The van der Waals surface area contributed by atoms with Crippen LogP contribution < -0.4 is 5.32 Å². The number of rotatable bonds is 8. The Hall–Kier alpha value is -0.0800. The smallest absolute Gasteiger partial charge is 0.000969 e. The SMILES string of the molecule is CCCN(C)CCCNCC1CCCCCCCCCC1. The second kappa shape index (κ2) is 13.6. The van der Waals surface area contributed by atoms with Crippen molar-refractivity contribution in [3.8, 4) is 0 Å². The average Bonchev–Trinajstić information content (AvgIpc) is 2.53. The summed E-state index contributed by atoms with van der Waals surface area (Å²) < 4.78 is 0. The Labute approximate surface area is 134 Å². The van der Waals surface area contributed by atoms with Gasteiger partial charge in [-0.15, -0.1) is 0 Å². The quantitative estimate of drug-likeness (QED) is 0.645. The second-order valence-corrected chi connectivity index (χ2v) is 7.13. The first-order chi connectivity index (χ1) is 10.3. The molecule has 126 valence electrons. The Bertz CT molecular complexity index is 206. The molecule has 2 heteroatoms. The van der Waals surface area contributed by atoms with Gasteiger partial charge in [0.05, 0.1) is 0 Å². The molecule has 0 radical (unpaired) electrons. The van der Waals surface area contributed by atoms with Gasteiger partial charge in [0.2, 0.25) is 0 Å². The number of hydrogen-bond acceptors (Lipinski definition) is 2. The molecule has 0 amide bonds. The van der Waals surface area contributed by atoms with Gasteiger partial charge in [-0.2, -0.15) is 0 Å². The van der Waals surface area contributed by atoms with Gasteiger partial charge < -0.3 is 10.2 Å². The van der Waals surface area contributed by atoms with E-state index >= 15 is 0 Å². The summed E-state index contributed by atoms with van der Waals surface area (Å²) in [6, 6.07) is 0. The van der Waals surface area contributed by atoms with Crippen LogP contribution in [0.4, 0.5) is 0 Å². The highest BCUT2D eigenvalue weighted by Crippen LogP contribution is 2.20. The summed E-state index contributed by atoms with van der Waals surface area (Å²) >= 11 is 0. The molecule has 21 heavy (non-hydrogen) atoms. The number of nitrogens with one attached hydrogen (secondary N) is 1. The largest absolute Gasteiger partial charge is 0.316 e. The summed E-state index contributed by atoms with van der Waals surface area (Å²) in [6.07, 6.45) is 17.3. The van der Waals surface area contributed by atoms with Crippen molar-refractivity contribution in [2.24, 2.45) is 5.92 Å². The lowest BCUT2D eigenvalue weighted by Gasteiger charge is -2.19. The van der Waals surface area contributed by atoms with Crippen LogP contribution >= 0.6 is 0 Å². The summed E-state index contributed by atoms with van der Waals surface area (Å²) in [6.45, 7) is 7.20. The fourth-order valence-corrected chi connectivity index (χ4v) is 3.55. The van der Waals surface area contributed by atoms with E-state index in [1.54, 1.807) is 0 Å². The van der Waals surface area contributed by atoms with Crippen molar-refractivity contribution >= 4 is 0 Å². The molecular weight excluding hydrogens is 256 g/mol. The lowest BCUT2D eigenvalue weighted by atomic mass is 9.95. The van der Waals surface area contributed by atoms with Gasteiger partial charge in [-0.05, 0) is 64.8 Å². The maximum Gasteiger partial charge on any atom is -0.000969 e. The van der Waals surface area contributed by atoms with Crippen LogP contribution in [0.2, 0.25) is 0 Å². The minimum atomic E-state index is 0.941. The number of nitrogens with zero attached hydrogens (tertiary/aromatic N) is 1. The van der Waals surface area contributed by atoms with Crippen molar-refractivity contribution in [2.45, 2.75) is 84.0 Å². The van der Waals surface area contributed by atoms with Gasteiger partial charge >= 0.3 is 0 Å². The van der Waals surface area contributed by atoms with Crippen LogP contribution in [0.5, 0.6) is 0 Å². The molecule has 0 aromatic heterocycles. The maximum absolute atomic E-state index is 3.73. The maximum atomic E-state index is 3.73. The Kier molecular flexibility index (Phi) is 12.3. The first kappa shape index (κ1) is 19.0. The van der Waals surface area contributed by atoms with Crippen molar-refractivity contribution in [1.29, 1.82) is 0 Å². The molecule has 1 fully saturated rings. The third-order valence-corrected chi connectivity index (χ3v) is 4.91. The highest BCUT2D eigenvalue weighted by Gasteiger charge is 2.09. The molecule has 0 aromatic rings. The lowest BCUT2D eigenvalue weighted by Crippen LogP contribution is -2.28. The second-order valence-electron chi connectivity index (χ2n) is 7.13. The van der Waals surface area contributed by atoms with Crippen molar-refractivity contribution in [3.05, 3.63) is 0 Å². The van der Waals surface area contributed by atoms with Crippen molar-refractivity contribution in [2.75, 3.05) is 33.2 Å². The molecule has 1 N–H and O–H groups in total. The third kappa shape index (κ3) is 11.2. The van der Waals surface area contributed by atoms with Crippen LogP contribution in [-0.2, 0) is 0 Å². The first-order valence-corrected chi connectivity index (χ1v) is 9.72. The van der Waals surface area contributed by atoms with Crippen molar-refractivity contribution in [3.63, 3.8) is 0 Å². The normalized spacial score (nSPS) is 19.6. The van der Waals surface area contributed by atoms with Gasteiger partial charge in [0, 0.05) is 0 Å². The molecule has 0 saturated heterocycles. The van der Waals surface area contributed by atoms with Gasteiger partial charge in [0.15, 0.2) is 0 Å². The van der Waals surface area contributed by atoms with Crippen molar-refractivity contribution in [1.82, 2.24) is 10.2 Å². The fraction of sp³-hybridized carbons (Fsp3) is 1.00. The van der Waals surface area contributed by atoms with Crippen LogP contribution in [0, 0.1) is 5.92 Å².